The van der Waals surface area contributed by atoms with Crippen LogP contribution in [-0.4, -0.2) is 33.8 Å². The van der Waals surface area contributed by atoms with Crippen LogP contribution >= 0.6 is 0 Å². The molecular weight excluding hydrogens is 442 g/mol. The SMILES string of the molecule is CC(C)CCC[C@@H](C)[C@H]1CC[C@H]2[C@@H]3C[C@@H](NCCc4c[nH]cn4)C4C[C@@H](O)CC[C@]4(C)[C@H]3CC[C@]12C. The third kappa shape index (κ3) is 4.95. The van der Waals surface area contributed by atoms with Gasteiger partial charge in [0.2, 0.25) is 0 Å². The molecule has 1 aromatic heterocycles. The first-order valence-corrected chi connectivity index (χ1v) is 15.6. The molecule has 4 nitrogen and oxygen atoms in total. The van der Waals surface area contributed by atoms with Gasteiger partial charge in [0.1, 0.15) is 0 Å². The van der Waals surface area contributed by atoms with Gasteiger partial charge in [-0.25, -0.2) is 4.98 Å². The molecule has 10 atom stereocenters. The standard InChI is InChI=1S/C32H55N3O/c1-21(2)7-6-8-22(3)26-9-10-27-25-18-30(34-16-13-23-19-33-20-35-23)29-17-24(36)11-14-32(29,5)28(25)12-15-31(26,27)4/h19-22,24-30,34,36H,6-18H2,1-5H3,(H,33,35)/t22-,24+,25+,26-,27+,28+,29?,30-,31-,32-/m1/s1. The number of H-pyrrole nitrogens is 1. The largest absolute Gasteiger partial charge is 0.393 e. The summed E-state index contributed by atoms with van der Waals surface area (Å²) >= 11 is 0. The zero-order valence-electron chi connectivity index (χ0n) is 23.9. The number of aliphatic hydroxyl groups is 1. The maximum absolute atomic E-state index is 10.7. The average Bonchev–Trinajstić information content (AvgIpc) is 3.47. The van der Waals surface area contributed by atoms with Crippen molar-refractivity contribution in [1.82, 2.24) is 15.3 Å². The minimum Gasteiger partial charge on any atom is -0.393 e. The molecule has 0 bridgehead atoms. The van der Waals surface area contributed by atoms with E-state index in [0.29, 0.717) is 22.8 Å². The first-order chi connectivity index (χ1) is 17.2. The van der Waals surface area contributed by atoms with Gasteiger partial charge in [-0.1, -0.05) is 53.9 Å². The summed E-state index contributed by atoms with van der Waals surface area (Å²) in [4.78, 5) is 7.55. The third-order valence-electron chi connectivity index (χ3n) is 12.2. The number of imidazole rings is 1. The Bertz CT molecular complexity index is 838. The van der Waals surface area contributed by atoms with E-state index in [1.807, 2.05) is 6.20 Å². The number of nitrogens with one attached hydrogen (secondary N) is 2. The van der Waals surface area contributed by atoms with E-state index in [9.17, 15) is 5.11 Å². The maximum Gasteiger partial charge on any atom is 0.0923 e. The zero-order chi connectivity index (χ0) is 25.5. The summed E-state index contributed by atoms with van der Waals surface area (Å²) in [5.41, 5.74) is 2.07. The highest BCUT2D eigenvalue weighted by Crippen LogP contribution is 2.68. The van der Waals surface area contributed by atoms with Crippen LogP contribution in [0.4, 0.5) is 0 Å². The van der Waals surface area contributed by atoms with Crippen LogP contribution in [0.3, 0.4) is 0 Å². The number of nitrogens with zero attached hydrogens (tertiary/aromatic N) is 1. The average molecular weight is 498 g/mol. The molecule has 4 heteroatoms. The second-order valence-corrected chi connectivity index (χ2v) is 14.6. The van der Waals surface area contributed by atoms with E-state index in [1.165, 1.54) is 57.8 Å². The van der Waals surface area contributed by atoms with Crippen molar-refractivity contribution in [3.05, 3.63) is 18.2 Å². The minimum atomic E-state index is -0.105. The Morgan fingerprint density at radius 1 is 1.00 bits per heavy atom. The highest BCUT2D eigenvalue weighted by Gasteiger charge is 2.62. The van der Waals surface area contributed by atoms with Crippen molar-refractivity contribution in [2.75, 3.05) is 6.54 Å². The molecule has 3 N–H and O–H groups in total. The molecule has 1 unspecified atom stereocenters. The summed E-state index contributed by atoms with van der Waals surface area (Å²) in [6.45, 7) is 13.7. The molecule has 204 valence electrons. The lowest BCUT2D eigenvalue weighted by molar-refractivity contribution is -0.141. The van der Waals surface area contributed by atoms with Gasteiger partial charge in [0.25, 0.3) is 0 Å². The van der Waals surface area contributed by atoms with Crippen LogP contribution in [0.5, 0.6) is 0 Å². The second kappa shape index (κ2) is 10.7. The fourth-order valence-electron chi connectivity index (χ4n) is 10.4. The molecule has 1 aromatic rings. The number of hydrogen-bond acceptors (Lipinski definition) is 3. The van der Waals surface area contributed by atoms with Crippen LogP contribution < -0.4 is 5.32 Å². The summed E-state index contributed by atoms with van der Waals surface area (Å²) in [6, 6.07) is 0.537. The molecule has 0 spiro atoms. The molecular formula is C32H55N3O. The number of hydrogen-bond donors (Lipinski definition) is 3. The van der Waals surface area contributed by atoms with E-state index in [0.717, 1.165) is 67.0 Å². The fourth-order valence-corrected chi connectivity index (χ4v) is 10.4. The van der Waals surface area contributed by atoms with Gasteiger partial charge in [-0.15, -0.1) is 0 Å². The summed E-state index contributed by atoms with van der Waals surface area (Å²) in [6.07, 6.45) is 19.3. The lowest BCUT2D eigenvalue weighted by atomic mass is 9.43. The zero-order valence-corrected chi connectivity index (χ0v) is 23.9. The molecule has 0 aromatic carbocycles. The van der Waals surface area contributed by atoms with Crippen LogP contribution in [-0.2, 0) is 6.42 Å². The van der Waals surface area contributed by atoms with E-state index in [4.69, 9.17) is 0 Å². The Labute approximate surface area is 221 Å². The number of aromatic nitrogens is 2. The second-order valence-electron chi connectivity index (χ2n) is 14.6. The van der Waals surface area contributed by atoms with Crippen LogP contribution in [0.15, 0.2) is 12.5 Å². The van der Waals surface area contributed by atoms with Gasteiger partial charge in [0.15, 0.2) is 0 Å². The quantitative estimate of drug-likeness (QED) is 0.344. The van der Waals surface area contributed by atoms with E-state index in [1.54, 1.807) is 6.33 Å². The Kier molecular flexibility index (Phi) is 7.95. The molecule has 0 radical (unpaired) electrons. The first kappa shape index (κ1) is 26.7. The Morgan fingerprint density at radius 3 is 2.53 bits per heavy atom. The normalized spacial score (nSPS) is 43.1. The molecule has 0 saturated heterocycles. The number of fused-ring (bicyclic) bond motifs is 5. The van der Waals surface area contributed by atoms with Crippen LogP contribution in [0.25, 0.3) is 0 Å². The summed E-state index contributed by atoms with van der Waals surface area (Å²) in [5.74, 6) is 5.84. The lowest BCUT2D eigenvalue weighted by Gasteiger charge is -2.63. The van der Waals surface area contributed by atoms with Crippen LogP contribution in [0.1, 0.15) is 111 Å². The third-order valence-corrected chi connectivity index (χ3v) is 12.2. The van der Waals surface area contributed by atoms with Gasteiger partial charge in [-0.2, -0.15) is 0 Å². The lowest BCUT2D eigenvalue weighted by Crippen LogP contribution is -2.61. The predicted octanol–water partition coefficient (Wildman–Crippen LogP) is 7.00. The van der Waals surface area contributed by atoms with Crippen molar-refractivity contribution in [2.24, 2.45) is 52.3 Å². The van der Waals surface area contributed by atoms with Crippen molar-refractivity contribution in [1.29, 1.82) is 0 Å². The maximum atomic E-state index is 10.7. The van der Waals surface area contributed by atoms with Crippen molar-refractivity contribution in [3.8, 4) is 0 Å². The fraction of sp³-hybridized carbons (Fsp3) is 0.906. The van der Waals surface area contributed by atoms with Gasteiger partial charge >= 0.3 is 0 Å². The number of rotatable bonds is 9. The van der Waals surface area contributed by atoms with E-state index in [2.05, 4.69) is 49.9 Å². The van der Waals surface area contributed by atoms with Crippen LogP contribution in [0.2, 0.25) is 0 Å². The molecule has 4 fully saturated rings. The van der Waals surface area contributed by atoms with Gasteiger partial charge < -0.3 is 15.4 Å². The minimum absolute atomic E-state index is 0.105. The van der Waals surface area contributed by atoms with Crippen molar-refractivity contribution in [3.63, 3.8) is 0 Å². The van der Waals surface area contributed by atoms with Gasteiger partial charge in [-0.3, -0.25) is 0 Å². The van der Waals surface area contributed by atoms with Gasteiger partial charge in [0.05, 0.1) is 18.1 Å². The predicted molar refractivity (Wildman–Crippen MR) is 149 cm³/mol. The molecule has 0 amide bonds. The van der Waals surface area contributed by atoms with E-state index in [-0.39, 0.29) is 6.10 Å². The van der Waals surface area contributed by atoms with Gasteiger partial charge in [-0.05, 0) is 104 Å². The molecule has 4 saturated carbocycles. The van der Waals surface area contributed by atoms with Crippen molar-refractivity contribution in [2.45, 2.75) is 124 Å². The molecule has 36 heavy (non-hydrogen) atoms. The highest BCUT2D eigenvalue weighted by atomic mass is 16.3. The molecule has 4 aliphatic carbocycles. The first-order valence-electron chi connectivity index (χ1n) is 15.6. The molecule has 4 aliphatic rings. The van der Waals surface area contributed by atoms with Gasteiger partial charge in [0, 0.05) is 25.2 Å². The molecule has 0 aliphatic heterocycles. The van der Waals surface area contributed by atoms with E-state index >= 15 is 0 Å². The molecule has 1 heterocycles. The Morgan fingerprint density at radius 2 is 1.78 bits per heavy atom. The van der Waals surface area contributed by atoms with Crippen molar-refractivity contribution < 1.29 is 5.11 Å². The molecule has 5 rings (SSSR count). The summed E-state index contributed by atoms with van der Waals surface area (Å²) in [5, 5.41) is 14.7. The number of aromatic amines is 1. The summed E-state index contributed by atoms with van der Waals surface area (Å²) in [7, 11) is 0. The summed E-state index contributed by atoms with van der Waals surface area (Å²) < 4.78 is 0. The van der Waals surface area contributed by atoms with E-state index < -0.39 is 0 Å². The Hall–Kier alpha value is -0.870. The van der Waals surface area contributed by atoms with Crippen LogP contribution in [0, 0.1) is 52.3 Å². The Balaban J connectivity index is 1.32. The monoisotopic (exact) mass is 497 g/mol. The number of aliphatic hydroxyl groups excluding tert-OH is 1. The van der Waals surface area contributed by atoms with Crippen molar-refractivity contribution >= 4 is 0 Å². The smallest absolute Gasteiger partial charge is 0.0923 e. The highest BCUT2D eigenvalue weighted by molar-refractivity contribution is 5.12. The topological polar surface area (TPSA) is 60.9 Å².